The molecule has 4 rings (SSSR count). The SMILES string of the molecule is O=C(CN1C(=O)C(c2ccccc2)Oc2cccnc21)NCc1cccnc1. The molecule has 0 spiro atoms. The summed E-state index contributed by atoms with van der Waals surface area (Å²) in [6.07, 6.45) is 4.11. The standard InChI is InChI=1S/C21H18N4O3/c26-18(24-13-15-6-4-10-22-12-15)14-25-20-17(9-5-11-23-20)28-19(21(25)27)16-7-2-1-3-8-16/h1-12,19H,13-14H2,(H,24,26). The maximum atomic E-state index is 13.1. The molecular formula is C21H18N4O3. The van der Waals surface area contributed by atoms with Crippen molar-refractivity contribution < 1.29 is 14.3 Å². The molecule has 1 aromatic carbocycles. The zero-order chi connectivity index (χ0) is 19.3. The summed E-state index contributed by atoms with van der Waals surface area (Å²) in [5.41, 5.74) is 1.60. The molecule has 1 unspecified atom stereocenters. The molecule has 0 fully saturated rings. The third-order valence-electron chi connectivity index (χ3n) is 4.36. The van der Waals surface area contributed by atoms with E-state index < -0.39 is 6.10 Å². The van der Waals surface area contributed by atoms with E-state index in [0.29, 0.717) is 18.1 Å². The van der Waals surface area contributed by atoms with Crippen molar-refractivity contribution in [2.24, 2.45) is 0 Å². The second-order valence-electron chi connectivity index (χ2n) is 6.30. The molecule has 140 valence electrons. The number of carbonyl (C=O) groups is 2. The predicted molar refractivity (Wildman–Crippen MR) is 102 cm³/mol. The average molecular weight is 374 g/mol. The van der Waals surface area contributed by atoms with Crippen molar-refractivity contribution in [2.75, 3.05) is 11.4 Å². The number of ether oxygens (including phenoxy) is 1. The van der Waals surface area contributed by atoms with Gasteiger partial charge >= 0.3 is 0 Å². The maximum Gasteiger partial charge on any atom is 0.274 e. The van der Waals surface area contributed by atoms with Gasteiger partial charge in [-0.3, -0.25) is 19.5 Å². The number of hydrogen-bond donors (Lipinski definition) is 1. The van der Waals surface area contributed by atoms with Gasteiger partial charge in [-0.25, -0.2) is 4.98 Å². The third-order valence-corrected chi connectivity index (χ3v) is 4.36. The van der Waals surface area contributed by atoms with Crippen LogP contribution in [0.15, 0.2) is 73.2 Å². The summed E-state index contributed by atoms with van der Waals surface area (Å²) in [6.45, 7) is 0.193. The highest BCUT2D eigenvalue weighted by molar-refractivity contribution is 6.03. The van der Waals surface area contributed by atoms with Crippen molar-refractivity contribution in [1.82, 2.24) is 15.3 Å². The number of rotatable bonds is 5. The van der Waals surface area contributed by atoms with Crippen molar-refractivity contribution in [1.29, 1.82) is 0 Å². The van der Waals surface area contributed by atoms with Crippen molar-refractivity contribution in [2.45, 2.75) is 12.6 Å². The highest BCUT2D eigenvalue weighted by Gasteiger charge is 2.37. The van der Waals surface area contributed by atoms with Gasteiger partial charge in [0.1, 0.15) is 6.54 Å². The van der Waals surface area contributed by atoms with Gasteiger partial charge in [0.2, 0.25) is 12.0 Å². The van der Waals surface area contributed by atoms with Crippen LogP contribution < -0.4 is 15.0 Å². The minimum Gasteiger partial charge on any atom is -0.472 e. The van der Waals surface area contributed by atoms with Crippen LogP contribution in [0.4, 0.5) is 5.82 Å². The van der Waals surface area contributed by atoms with Crippen LogP contribution in [-0.4, -0.2) is 28.3 Å². The Labute approximate surface area is 162 Å². The zero-order valence-corrected chi connectivity index (χ0v) is 15.0. The maximum absolute atomic E-state index is 13.1. The summed E-state index contributed by atoms with van der Waals surface area (Å²) < 4.78 is 5.88. The van der Waals surface area contributed by atoms with Crippen LogP contribution >= 0.6 is 0 Å². The van der Waals surface area contributed by atoms with Gasteiger partial charge in [-0.05, 0) is 23.8 Å². The Bertz CT molecular complexity index is 979. The van der Waals surface area contributed by atoms with Crippen LogP contribution in [0.2, 0.25) is 0 Å². The van der Waals surface area contributed by atoms with E-state index >= 15 is 0 Å². The largest absolute Gasteiger partial charge is 0.472 e. The van der Waals surface area contributed by atoms with Gasteiger partial charge in [0, 0.05) is 30.7 Å². The summed E-state index contributed by atoms with van der Waals surface area (Å²) in [5.74, 6) is 0.198. The lowest BCUT2D eigenvalue weighted by molar-refractivity contribution is -0.129. The zero-order valence-electron chi connectivity index (χ0n) is 15.0. The molecule has 1 aliphatic rings. The van der Waals surface area contributed by atoms with E-state index in [9.17, 15) is 9.59 Å². The number of anilines is 1. The number of pyridine rings is 2. The van der Waals surface area contributed by atoms with Gasteiger partial charge in [-0.1, -0.05) is 36.4 Å². The smallest absolute Gasteiger partial charge is 0.274 e. The van der Waals surface area contributed by atoms with E-state index in [0.717, 1.165) is 11.1 Å². The lowest BCUT2D eigenvalue weighted by Gasteiger charge is -2.33. The third kappa shape index (κ3) is 3.68. The lowest BCUT2D eigenvalue weighted by Crippen LogP contribution is -2.46. The number of benzene rings is 1. The number of nitrogens with one attached hydrogen (secondary N) is 1. The molecule has 7 nitrogen and oxygen atoms in total. The molecule has 28 heavy (non-hydrogen) atoms. The number of hydrogen-bond acceptors (Lipinski definition) is 5. The minimum atomic E-state index is -0.816. The number of aromatic nitrogens is 2. The summed E-state index contributed by atoms with van der Waals surface area (Å²) >= 11 is 0. The molecule has 1 aliphatic heterocycles. The predicted octanol–water partition coefficient (Wildman–Crippen LogP) is 2.26. The van der Waals surface area contributed by atoms with Crippen LogP contribution in [0.25, 0.3) is 0 Å². The molecule has 1 atom stereocenters. The van der Waals surface area contributed by atoms with Crippen LogP contribution in [0.1, 0.15) is 17.2 Å². The molecule has 0 saturated heterocycles. The number of amides is 2. The van der Waals surface area contributed by atoms with Gasteiger partial charge in [0.15, 0.2) is 11.6 Å². The van der Waals surface area contributed by atoms with Crippen LogP contribution in [-0.2, 0) is 16.1 Å². The highest BCUT2D eigenvalue weighted by atomic mass is 16.5. The van der Waals surface area contributed by atoms with Crippen LogP contribution in [0.5, 0.6) is 5.75 Å². The molecule has 1 N–H and O–H groups in total. The summed E-state index contributed by atoms with van der Waals surface area (Å²) in [7, 11) is 0. The first-order valence-corrected chi connectivity index (χ1v) is 8.86. The molecule has 2 aromatic heterocycles. The fourth-order valence-electron chi connectivity index (χ4n) is 2.99. The fourth-order valence-corrected chi connectivity index (χ4v) is 2.99. The lowest BCUT2D eigenvalue weighted by atomic mass is 10.1. The van der Waals surface area contributed by atoms with E-state index in [-0.39, 0.29) is 18.4 Å². The normalized spacial score (nSPS) is 15.5. The Balaban J connectivity index is 1.54. The fraction of sp³-hybridized carbons (Fsp3) is 0.143. The first-order chi connectivity index (χ1) is 13.7. The highest BCUT2D eigenvalue weighted by Crippen LogP contribution is 2.36. The Hall–Kier alpha value is -3.74. The van der Waals surface area contributed by atoms with E-state index in [4.69, 9.17) is 4.74 Å². The van der Waals surface area contributed by atoms with Crippen molar-refractivity contribution in [3.8, 4) is 5.75 Å². The Morgan fingerprint density at radius 2 is 1.89 bits per heavy atom. The molecule has 7 heteroatoms. The van der Waals surface area contributed by atoms with E-state index in [1.807, 2.05) is 36.4 Å². The Morgan fingerprint density at radius 3 is 2.68 bits per heavy atom. The summed E-state index contributed by atoms with van der Waals surface area (Å²) in [5, 5.41) is 2.81. The summed E-state index contributed by atoms with van der Waals surface area (Å²) in [6, 6.07) is 16.4. The second kappa shape index (κ2) is 7.87. The quantitative estimate of drug-likeness (QED) is 0.741. The molecule has 0 bridgehead atoms. The molecule has 3 aromatic rings. The summed E-state index contributed by atoms with van der Waals surface area (Å²) in [4.78, 5) is 35.2. The van der Waals surface area contributed by atoms with Crippen molar-refractivity contribution in [3.63, 3.8) is 0 Å². The van der Waals surface area contributed by atoms with E-state index in [2.05, 4.69) is 15.3 Å². The topological polar surface area (TPSA) is 84.4 Å². The van der Waals surface area contributed by atoms with Crippen molar-refractivity contribution >= 4 is 17.6 Å². The second-order valence-corrected chi connectivity index (χ2v) is 6.30. The molecule has 2 amide bonds. The first-order valence-electron chi connectivity index (χ1n) is 8.86. The molecule has 3 heterocycles. The Kier molecular flexibility index (Phi) is 4.97. The Morgan fingerprint density at radius 1 is 1.07 bits per heavy atom. The van der Waals surface area contributed by atoms with Gasteiger partial charge in [0.05, 0.1) is 0 Å². The van der Waals surface area contributed by atoms with Crippen molar-refractivity contribution in [3.05, 3.63) is 84.3 Å². The number of fused-ring (bicyclic) bond motifs is 1. The van der Waals surface area contributed by atoms with E-state index in [1.54, 1.807) is 36.8 Å². The van der Waals surface area contributed by atoms with Gasteiger partial charge in [-0.2, -0.15) is 0 Å². The average Bonchev–Trinajstić information content (AvgIpc) is 2.75. The number of carbonyl (C=O) groups excluding carboxylic acids is 2. The first kappa shape index (κ1) is 17.7. The van der Waals surface area contributed by atoms with Gasteiger partial charge in [-0.15, -0.1) is 0 Å². The molecule has 0 aliphatic carbocycles. The van der Waals surface area contributed by atoms with E-state index in [1.165, 1.54) is 4.90 Å². The van der Waals surface area contributed by atoms with Gasteiger partial charge < -0.3 is 10.1 Å². The molecule has 0 saturated carbocycles. The minimum absolute atomic E-state index is 0.143. The molecular weight excluding hydrogens is 356 g/mol. The monoisotopic (exact) mass is 374 g/mol. The van der Waals surface area contributed by atoms with Crippen LogP contribution in [0, 0.1) is 0 Å². The van der Waals surface area contributed by atoms with Crippen LogP contribution in [0.3, 0.4) is 0 Å². The molecule has 0 radical (unpaired) electrons. The van der Waals surface area contributed by atoms with Gasteiger partial charge in [0.25, 0.3) is 5.91 Å². The number of nitrogens with zero attached hydrogens (tertiary/aromatic N) is 3.